The van der Waals surface area contributed by atoms with Gasteiger partial charge in [0.15, 0.2) is 0 Å². The Balaban J connectivity index is 0.00000338. The highest BCUT2D eigenvalue weighted by Crippen LogP contribution is 2.20. The summed E-state index contributed by atoms with van der Waals surface area (Å²) in [4.78, 5) is 17.2. The van der Waals surface area contributed by atoms with Gasteiger partial charge in [-0.15, -0.1) is 12.4 Å². The molecule has 2 rings (SSSR count). The molecule has 1 aliphatic rings. The summed E-state index contributed by atoms with van der Waals surface area (Å²) in [6.07, 6.45) is 4.71. The van der Waals surface area contributed by atoms with Crippen LogP contribution in [0.25, 0.3) is 0 Å². The summed E-state index contributed by atoms with van der Waals surface area (Å²) >= 11 is 0. The molecule has 0 aliphatic carbocycles. The van der Waals surface area contributed by atoms with Gasteiger partial charge in [0.25, 0.3) is 0 Å². The number of nitrogens with zero attached hydrogens (tertiary/aromatic N) is 2. The molecule has 1 aromatic carbocycles. The molecular weight excluding hydrogens is 346 g/mol. The molecule has 1 aromatic rings. The number of rotatable bonds is 9. The summed E-state index contributed by atoms with van der Waals surface area (Å²) in [5.74, 6) is 1.09. The Labute approximate surface area is 165 Å². The number of carbonyl (C=O) groups excluding carboxylic acids is 1. The zero-order valence-corrected chi connectivity index (χ0v) is 17.5. The predicted octanol–water partition coefficient (Wildman–Crippen LogP) is 3.48. The van der Waals surface area contributed by atoms with E-state index in [1.54, 1.807) is 0 Å². The molecule has 1 amide bonds. The first kappa shape index (κ1) is 22.9. The average Bonchev–Trinajstić information content (AvgIpc) is 2.62. The molecule has 1 aliphatic heterocycles. The fourth-order valence-electron chi connectivity index (χ4n) is 3.55. The predicted molar refractivity (Wildman–Crippen MR) is 112 cm³/mol. The Kier molecular flexibility index (Phi) is 10.9. The molecule has 1 N–H and O–H groups in total. The van der Waals surface area contributed by atoms with Gasteiger partial charge in [0.2, 0.25) is 5.91 Å². The van der Waals surface area contributed by atoms with Crippen molar-refractivity contribution in [3.63, 3.8) is 0 Å². The van der Waals surface area contributed by atoms with E-state index in [1.807, 2.05) is 11.9 Å². The molecule has 0 atom stereocenters. The van der Waals surface area contributed by atoms with Crippen LogP contribution in [-0.4, -0.2) is 55.5 Å². The molecule has 0 radical (unpaired) electrons. The van der Waals surface area contributed by atoms with Crippen LogP contribution in [0.2, 0.25) is 0 Å². The number of hydrogen-bond donors (Lipinski definition) is 1. The van der Waals surface area contributed by atoms with E-state index >= 15 is 0 Å². The monoisotopic (exact) mass is 381 g/mol. The number of aryl methyl sites for hydroxylation is 1. The third kappa shape index (κ3) is 7.65. The van der Waals surface area contributed by atoms with Gasteiger partial charge in [0.1, 0.15) is 0 Å². The second-order valence-electron chi connectivity index (χ2n) is 7.41. The third-order valence-electron chi connectivity index (χ3n) is 5.21. The van der Waals surface area contributed by atoms with Crippen LogP contribution >= 0.6 is 12.4 Å². The van der Waals surface area contributed by atoms with Crippen molar-refractivity contribution >= 4 is 18.3 Å². The van der Waals surface area contributed by atoms with Gasteiger partial charge in [-0.25, -0.2) is 0 Å². The van der Waals surface area contributed by atoms with Crippen molar-refractivity contribution in [1.29, 1.82) is 0 Å². The maximum absolute atomic E-state index is 12.8. The SMILES string of the molecule is CCCN(Cc1ccc(C)cc1)C(=O)CN1CCC(CCNC)CC1.Cl. The summed E-state index contributed by atoms with van der Waals surface area (Å²) in [6, 6.07) is 8.52. The van der Waals surface area contributed by atoms with E-state index in [0.29, 0.717) is 6.54 Å². The van der Waals surface area contributed by atoms with E-state index in [-0.39, 0.29) is 18.3 Å². The molecule has 0 aromatic heterocycles. The molecule has 1 fully saturated rings. The molecule has 148 valence electrons. The Morgan fingerprint density at radius 3 is 2.46 bits per heavy atom. The van der Waals surface area contributed by atoms with Crippen molar-refractivity contribution in [2.75, 3.05) is 39.8 Å². The van der Waals surface area contributed by atoms with Crippen LogP contribution < -0.4 is 5.32 Å². The highest BCUT2D eigenvalue weighted by molar-refractivity contribution is 5.85. The largest absolute Gasteiger partial charge is 0.337 e. The Bertz CT molecular complexity index is 512. The summed E-state index contributed by atoms with van der Waals surface area (Å²) < 4.78 is 0. The van der Waals surface area contributed by atoms with E-state index in [2.05, 4.69) is 48.3 Å². The molecule has 5 heteroatoms. The van der Waals surface area contributed by atoms with Gasteiger partial charge in [0.05, 0.1) is 6.54 Å². The van der Waals surface area contributed by atoms with Crippen molar-refractivity contribution in [2.24, 2.45) is 5.92 Å². The van der Waals surface area contributed by atoms with Crippen molar-refractivity contribution in [1.82, 2.24) is 15.1 Å². The summed E-state index contributed by atoms with van der Waals surface area (Å²) in [5.41, 5.74) is 2.48. The van der Waals surface area contributed by atoms with Crippen molar-refractivity contribution < 1.29 is 4.79 Å². The number of piperidine rings is 1. The lowest BCUT2D eigenvalue weighted by molar-refractivity contribution is -0.133. The average molecular weight is 382 g/mol. The van der Waals surface area contributed by atoms with Gasteiger partial charge < -0.3 is 10.2 Å². The quantitative estimate of drug-likeness (QED) is 0.711. The first-order chi connectivity index (χ1) is 12.1. The lowest BCUT2D eigenvalue weighted by Crippen LogP contribution is -2.43. The van der Waals surface area contributed by atoms with Gasteiger partial charge in [-0.3, -0.25) is 9.69 Å². The van der Waals surface area contributed by atoms with Gasteiger partial charge in [-0.05, 0) is 70.8 Å². The number of likely N-dealkylation sites (tertiary alicyclic amines) is 1. The van der Waals surface area contributed by atoms with E-state index < -0.39 is 0 Å². The van der Waals surface area contributed by atoms with Crippen LogP contribution in [-0.2, 0) is 11.3 Å². The molecule has 1 saturated heterocycles. The van der Waals surface area contributed by atoms with E-state index in [0.717, 1.165) is 45.1 Å². The fraction of sp³-hybridized carbons (Fsp3) is 0.667. The number of amides is 1. The molecule has 0 spiro atoms. The Morgan fingerprint density at radius 2 is 1.88 bits per heavy atom. The molecule has 0 bridgehead atoms. The van der Waals surface area contributed by atoms with Crippen LogP contribution in [0.1, 0.15) is 43.7 Å². The number of hydrogen-bond acceptors (Lipinski definition) is 3. The van der Waals surface area contributed by atoms with Gasteiger partial charge >= 0.3 is 0 Å². The summed E-state index contributed by atoms with van der Waals surface area (Å²) in [7, 11) is 2.02. The maximum Gasteiger partial charge on any atom is 0.237 e. The van der Waals surface area contributed by atoms with Crippen LogP contribution in [0, 0.1) is 12.8 Å². The molecule has 0 saturated carbocycles. The number of halogens is 1. The van der Waals surface area contributed by atoms with Gasteiger partial charge in [0, 0.05) is 13.1 Å². The smallest absolute Gasteiger partial charge is 0.237 e. The fourth-order valence-corrected chi connectivity index (χ4v) is 3.55. The number of benzene rings is 1. The normalized spacial score (nSPS) is 15.5. The minimum Gasteiger partial charge on any atom is -0.337 e. The number of carbonyl (C=O) groups is 1. The van der Waals surface area contributed by atoms with Gasteiger partial charge in [-0.2, -0.15) is 0 Å². The van der Waals surface area contributed by atoms with Crippen LogP contribution in [0.15, 0.2) is 24.3 Å². The molecule has 0 unspecified atom stereocenters. The van der Waals surface area contributed by atoms with E-state index in [1.165, 1.54) is 30.4 Å². The third-order valence-corrected chi connectivity index (χ3v) is 5.21. The van der Waals surface area contributed by atoms with E-state index in [4.69, 9.17) is 0 Å². The minimum atomic E-state index is 0. The van der Waals surface area contributed by atoms with Crippen molar-refractivity contribution in [3.8, 4) is 0 Å². The lowest BCUT2D eigenvalue weighted by atomic mass is 9.93. The Hall–Kier alpha value is -1.10. The molecule has 4 nitrogen and oxygen atoms in total. The van der Waals surface area contributed by atoms with Crippen LogP contribution in [0.4, 0.5) is 0 Å². The topological polar surface area (TPSA) is 35.6 Å². The summed E-state index contributed by atoms with van der Waals surface area (Å²) in [6.45, 7) is 9.60. The second-order valence-corrected chi connectivity index (χ2v) is 7.41. The first-order valence-corrected chi connectivity index (χ1v) is 9.82. The highest BCUT2D eigenvalue weighted by Gasteiger charge is 2.22. The lowest BCUT2D eigenvalue weighted by Gasteiger charge is -2.33. The molecule has 1 heterocycles. The van der Waals surface area contributed by atoms with E-state index in [9.17, 15) is 4.79 Å². The second kappa shape index (κ2) is 12.3. The maximum atomic E-state index is 12.8. The zero-order chi connectivity index (χ0) is 18.1. The van der Waals surface area contributed by atoms with Crippen LogP contribution in [0.5, 0.6) is 0 Å². The Morgan fingerprint density at radius 1 is 1.23 bits per heavy atom. The number of nitrogens with one attached hydrogen (secondary N) is 1. The first-order valence-electron chi connectivity index (χ1n) is 9.82. The molecular formula is C21H36ClN3O. The highest BCUT2D eigenvalue weighted by atomic mass is 35.5. The van der Waals surface area contributed by atoms with Crippen molar-refractivity contribution in [3.05, 3.63) is 35.4 Å². The van der Waals surface area contributed by atoms with Crippen molar-refractivity contribution in [2.45, 2.75) is 46.1 Å². The standard InChI is InChI=1S/C21H35N3O.ClH/c1-4-13-24(16-20-7-5-18(2)6-8-20)21(25)17-23-14-10-19(11-15-23)9-12-22-3;/h5-8,19,22H,4,9-17H2,1-3H3;1H. The minimum absolute atomic E-state index is 0. The van der Waals surface area contributed by atoms with Gasteiger partial charge in [-0.1, -0.05) is 36.8 Å². The zero-order valence-electron chi connectivity index (χ0n) is 16.7. The summed E-state index contributed by atoms with van der Waals surface area (Å²) in [5, 5.41) is 3.24. The van der Waals surface area contributed by atoms with Crippen LogP contribution in [0.3, 0.4) is 0 Å². The molecule has 26 heavy (non-hydrogen) atoms.